The Balaban J connectivity index is 1.77. The van der Waals surface area contributed by atoms with Gasteiger partial charge >= 0.3 is 0 Å². The van der Waals surface area contributed by atoms with Gasteiger partial charge < -0.3 is 9.55 Å². The van der Waals surface area contributed by atoms with Crippen molar-refractivity contribution in [3.05, 3.63) is 73.2 Å². The molecule has 0 atom stereocenters. The summed E-state index contributed by atoms with van der Waals surface area (Å²) in [6, 6.07) is 12.6. The highest BCUT2D eigenvalue weighted by Crippen LogP contribution is 2.27. The van der Waals surface area contributed by atoms with Gasteiger partial charge in [0.15, 0.2) is 5.65 Å². The van der Waals surface area contributed by atoms with Crippen molar-refractivity contribution in [3.8, 4) is 11.3 Å². The van der Waals surface area contributed by atoms with Gasteiger partial charge in [0, 0.05) is 41.8 Å². The molecule has 6 heteroatoms. The molecule has 24 heavy (non-hydrogen) atoms. The van der Waals surface area contributed by atoms with E-state index in [0.29, 0.717) is 0 Å². The van der Waals surface area contributed by atoms with E-state index in [2.05, 4.69) is 55.1 Å². The van der Waals surface area contributed by atoms with Crippen molar-refractivity contribution >= 4 is 16.6 Å². The van der Waals surface area contributed by atoms with Crippen LogP contribution in [0.4, 0.5) is 0 Å². The van der Waals surface area contributed by atoms with E-state index < -0.39 is 0 Å². The van der Waals surface area contributed by atoms with Crippen LogP contribution in [0.25, 0.3) is 27.8 Å². The Kier molecular flexibility index (Phi) is 2.75. The lowest BCUT2D eigenvalue weighted by Gasteiger charge is -2.11. The number of nitrogens with one attached hydrogen (secondary N) is 1. The zero-order valence-corrected chi connectivity index (χ0v) is 12.8. The fraction of sp³-hybridized carbons (Fsp3) is 0.0556. The summed E-state index contributed by atoms with van der Waals surface area (Å²) in [5, 5.41) is 9.49. The van der Waals surface area contributed by atoms with Crippen LogP contribution in [0, 0.1) is 0 Å². The SMILES string of the molecule is c1c[nH]c(-c2ccc3c(Cn4ccnc4)cc4nncn4c3c2)c1. The smallest absolute Gasteiger partial charge is 0.161 e. The van der Waals surface area contributed by atoms with Gasteiger partial charge in [-0.3, -0.25) is 4.40 Å². The summed E-state index contributed by atoms with van der Waals surface area (Å²) < 4.78 is 4.08. The van der Waals surface area contributed by atoms with Gasteiger partial charge in [0.2, 0.25) is 0 Å². The second-order valence-corrected chi connectivity index (χ2v) is 5.78. The lowest BCUT2D eigenvalue weighted by molar-refractivity contribution is 0.802. The molecule has 0 aliphatic rings. The zero-order chi connectivity index (χ0) is 15.9. The maximum atomic E-state index is 4.23. The van der Waals surface area contributed by atoms with Gasteiger partial charge in [-0.2, -0.15) is 0 Å². The van der Waals surface area contributed by atoms with Crippen LogP contribution in [-0.2, 0) is 6.54 Å². The van der Waals surface area contributed by atoms with Gasteiger partial charge in [-0.1, -0.05) is 12.1 Å². The molecular formula is C18H14N6. The number of pyridine rings is 1. The zero-order valence-electron chi connectivity index (χ0n) is 12.8. The summed E-state index contributed by atoms with van der Waals surface area (Å²) in [5.74, 6) is 0. The number of benzene rings is 1. The summed E-state index contributed by atoms with van der Waals surface area (Å²) in [6.07, 6.45) is 9.28. The third-order valence-corrected chi connectivity index (χ3v) is 4.30. The van der Waals surface area contributed by atoms with Gasteiger partial charge in [-0.15, -0.1) is 10.2 Å². The number of imidazole rings is 1. The number of hydrogen-bond acceptors (Lipinski definition) is 3. The number of H-pyrrole nitrogens is 1. The highest BCUT2D eigenvalue weighted by Gasteiger charge is 2.10. The molecule has 0 fully saturated rings. The highest BCUT2D eigenvalue weighted by atomic mass is 15.2. The number of rotatable bonds is 3. The van der Waals surface area contributed by atoms with Gasteiger partial charge in [0.25, 0.3) is 0 Å². The van der Waals surface area contributed by atoms with Crippen LogP contribution in [-0.4, -0.2) is 29.1 Å². The number of aromatic amines is 1. The standard InChI is InChI=1S/C18H14N6/c1-2-16(20-5-1)13-3-4-15-14(10-23-7-6-19-11-23)9-18-22-21-12-24(18)17(15)8-13/h1-9,11-12,20H,10H2. The van der Waals surface area contributed by atoms with E-state index in [9.17, 15) is 0 Å². The summed E-state index contributed by atoms with van der Waals surface area (Å²) in [6.45, 7) is 0.752. The molecule has 0 aliphatic heterocycles. The Morgan fingerprint density at radius 2 is 2.08 bits per heavy atom. The monoisotopic (exact) mass is 314 g/mol. The molecule has 5 aromatic rings. The first-order valence-corrected chi connectivity index (χ1v) is 7.73. The van der Waals surface area contributed by atoms with Crippen molar-refractivity contribution in [2.45, 2.75) is 6.54 Å². The fourth-order valence-corrected chi connectivity index (χ4v) is 3.15. The molecule has 0 amide bonds. The molecule has 0 saturated heterocycles. The lowest BCUT2D eigenvalue weighted by atomic mass is 10.0. The normalized spacial score (nSPS) is 11.5. The number of fused-ring (bicyclic) bond motifs is 3. The molecule has 0 spiro atoms. The average Bonchev–Trinajstić information content (AvgIpc) is 3.36. The Labute approximate surface area is 137 Å². The van der Waals surface area contributed by atoms with Crippen LogP contribution in [0.3, 0.4) is 0 Å². The van der Waals surface area contributed by atoms with E-state index in [0.717, 1.165) is 29.0 Å². The summed E-state index contributed by atoms with van der Waals surface area (Å²) in [7, 11) is 0. The topological polar surface area (TPSA) is 63.8 Å². The van der Waals surface area contributed by atoms with E-state index in [1.807, 2.05) is 29.2 Å². The van der Waals surface area contributed by atoms with Crippen molar-refractivity contribution in [2.24, 2.45) is 0 Å². The van der Waals surface area contributed by atoms with E-state index in [4.69, 9.17) is 0 Å². The molecule has 5 rings (SSSR count). The number of nitrogens with zero attached hydrogens (tertiary/aromatic N) is 5. The van der Waals surface area contributed by atoms with Crippen molar-refractivity contribution < 1.29 is 0 Å². The molecule has 116 valence electrons. The number of hydrogen-bond donors (Lipinski definition) is 1. The van der Waals surface area contributed by atoms with Crippen molar-refractivity contribution in [2.75, 3.05) is 0 Å². The first-order chi connectivity index (χ1) is 11.9. The quantitative estimate of drug-likeness (QED) is 0.556. The Hall–Kier alpha value is -3.41. The van der Waals surface area contributed by atoms with Gasteiger partial charge in [-0.05, 0) is 29.8 Å². The van der Waals surface area contributed by atoms with E-state index in [1.54, 1.807) is 12.5 Å². The molecule has 1 N–H and O–H groups in total. The summed E-state index contributed by atoms with van der Waals surface area (Å²) in [5.41, 5.74) is 5.38. The van der Waals surface area contributed by atoms with Crippen LogP contribution in [0.5, 0.6) is 0 Å². The molecule has 4 aromatic heterocycles. The summed E-state index contributed by atoms with van der Waals surface area (Å²) in [4.78, 5) is 7.38. The molecule has 0 saturated carbocycles. The van der Waals surface area contributed by atoms with Crippen LogP contribution in [0.15, 0.2) is 67.6 Å². The molecule has 0 radical (unpaired) electrons. The predicted molar refractivity (Wildman–Crippen MR) is 91.6 cm³/mol. The fourth-order valence-electron chi connectivity index (χ4n) is 3.15. The third kappa shape index (κ3) is 2.00. The second-order valence-electron chi connectivity index (χ2n) is 5.78. The van der Waals surface area contributed by atoms with Crippen molar-refractivity contribution in [1.82, 2.24) is 29.1 Å². The Bertz CT molecular complexity index is 1120. The van der Waals surface area contributed by atoms with E-state index in [-0.39, 0.29) is 0 Å². The van der Waals surface area contributed by atoms with Crippen molar-refractivity contribution in [1.29, 1.82) is 0 Å². The van der Waals surface area contributed by atoms with Crippen LogP contribution in [0.1, 0.15) is 5.56 Å². The van der Waals surface area contributed by atoms with E-state index in [1.165, 1.54) is 10.9 Å². The highest BCUT2D eigenvalue weighted by molar-refractivity contribution is 5.89. The molecule has 6 nitrogen and oxygen atoms in total. The molecule has 1 aromatic carbocycles. The maximum Gasteiger partial charge on any atom is 0.161 e. The maximum absolute atomic E-state index is 4.23. The second kappa shape index (κ2) is 5.06. The molecule has 0 aliphatic carbocycles. The lowest BCUT2D eigenvalue weighted by Crippen LogP contribution is -2.00. The molecular weight excluding hydrogens is 300 g/mol. The minimum absolute atomic E-state index is 0.752. The number of aromatic nitrogens is 6. The van der Waals surface area contributed by atoms with Crippen molar-refractivity contribution in [3.63, 3.8) is 0 Å². The molecule has 0 bridgehead atoms. The Morgan fingerprint density at radius 3 is 2.92 bits per heavy atom. The van der Waals surface area contributed by atoms with Crippen LogP contribution < -0.4 is 0 Å². The first-order valence-electron chi connectivity index (χ1n) is 7.73. The van der Waals surface area contributed by atoms with Gasteiger partial charge in [0.1, 0.15) is 6.33 Å². The minimum Gasteiger partial charge on any atom is -0.361 e. The molecule has 0 unspecified atom stereocenters. The van der Waals surface area contributed by atoms with Gasteiger partial charge in [0.05, 0.1) is 11.8 Å². The minimum atomic E-state index is 0.752. The first kappa shape index (κ1) is 13.1. The third-order valence-electron chi connectivity index (χ3n) is 4.30. The largest absolute Gasteiger partial charge is 0.361 e. The van der Waals surface area contributed by atoms with E-state index >= 15 is 0 Å². The van der Waals surface area contributed by atoms with Crippen LogP contribution >= 0.6 is 0 Å². The Morgan fingerprint density at radius 1 is 1.08 bits per heavy atom. The summed E-state index contributed by atoms with van der Waals surface area (Å²) >= 11 is 0. The van der Waals surface area contributed by atoms with Crippen LogP contribution in [0.2, 0.25) is 0 Å². The molecule has 4 heterocycles. The average molecular weight is 314 g/mol. The van der Waals surface area contributed by atoms with Gasteiger partial charge in [-0.25, -0.2) is 4.98 Å². The predicted octanol–water partition coefficient (Wildman–Crippen LogP) is 3.12.